The number of nitrogens with zero attached hydrogens (tertiary/aromatic N) is 5. The van der Waals surface area contributed by atoms with E-state index in [9.17, 15) is 0 Å². The molecule has 0 atom stereocenters. The summed E-state index contributed by atoms with van der Waals surface area (Å²) in [6.07, 6.45) is 8.36. The quantitative estimate of drug-likeness (QED) is 0.614. The van der Waals surface area contributed by atoms with Crippen LogP contribution in [0.1, 0.15) is 71.8 Å². The summed E-state index contributed by atoms with van der Waals surface area (Å²) in [5.74, 6) is 3.62. The molecule has 8 heteroatoms. The van der Waals surface area contributed by atoms with E-state index >= 15 is 0 Å². The predicted molar refractivity (Wildman–Crippen MR) is 110 cm³/mol. The first-order chi connectivity index (χ1) is 14.2. The van der Waals surface area contributed by atoms with Gasteiger partial charge in [0.1, 0.15) is 23.7 Å². The van der Waals surface area contributed by atoms with E-state index in [0.29, 0.717) is 18.4 Å². The number of aryl methyl sites for hydroxylation is 1. The normalized spacial score (nSPS) is 20.6. The molecule has 0 aromatic carbocycles. The second-order valence-corrected chi connectivity index (χ2v) is 8.20. The van der Waals surface area contributed by atoms with Crippen LogP contribution in [-0.2, 0) is 17.7 Å². The van der Waals surface area contributed by atoms with Crippen molar-refractivity contribution in [2.24, 2.45) is 4.99 Å². The highest BCUT2D eigenvalue weighted by Crippen LogP contribution is 2.38. The van der Waals surface area contributed by atoms with Gasteiger partial charge in [-0.25, -0.2) is 19.9 Å². The Labute approximate surface area is 170 Å². The van der Waals surface area contributed by atoms with Gasteiger partial charge in [0.15, 0.2) is 5.84 Å². The number of imidazole rings is 1. The van der Waals surface area contributed by atoms with Crippen LogP contribution in [0, 0.1) is 12.3 Å². The summed E-state index contributed by atoms with van der Waals surface area (Å²) in [5.41, 5.74) is 4.31. The van der Waals surface area contributed by atoms with Gasteiger partial charge in [0, 0.05) is 62.0 Å². The lowest BCUT2D eigenvalue weighted by Crippen LogP contribution is -2.38. The van der Waals surface area contributed by atoms with Gasteiger partial charge in [-0.1, -0.05) is 0 Å². The summed E-state index contributed by atoms with van der Waals surface area (Å²) in [6, 6.07) is 0. The minimum Gasteiger partial charge on any atom is -0.381 e. The summed E-state index contributed by atoms with van der Waals surface area (Å²) in [4.78, 5) is 24.3. The number of nitrogens with one attached hydrogen (secondary N) is 2. The molecule has 0 radical (unpaired) electrons. The van der Waals surface area contributed by atoms with Crippen LogP contribution in [-0.4, -0.2) is 56.8 Å². The Morgan fingerprint density at radius 1 is 1.24 bits per heavy atom. The molecule has 1 saturated carbocycles. The van der Waals surface area contributed by atoms with Gasteiger partial charge < -0.3 is 14.6 Å². The zero-order chi connectivity index (χ0) is 19.8. The van der Waals surface area contributed by atoms with Crippen LogP contribution in [0.3, 0.4) is 0 Å². The molecule has 1 aliphatic carbocycles. The molecule has 2 aromatic heterocycles. The molecule has 152 valence electrons. The molecule has 29 heavy (non-hydrogen) atoms. The fraction of sp³-hybridized carbons (Fsp3) is 0.571. The van der Waals surface area contributed by atoms with Gasteiger partial charge in [-0.2, -0.15) is 0 Å². The Kier molecular flexibility index (Phi) is 4.87. The Morgan fingerprint density at radius 2 is 2.07 bits per heavy atom. The Hall–Kier alpha value is -2.61. The Balaban J connectivity index is 1.44. The number of rotatable bonds is 4. The first-order valence-corrected chi connectivity index (χ1v) is 10.5. The summed E-state index contributed by atoms with van der Waals surface area (Å²) < 4.78 is 5.54. The smallest absolute Gasteiger partial charge is 0.158 e. The largest absolute Gasteiger partial charge is 0.381 e. The van der Waals surface area contributed by atoms with Crippen molar-refractivity contribution in [1.82, 2.24) is 24.8 Å². The van der Waals surface area contributed by atoms with Crippen molar-refractivity contribution >= 4 is 12.2 Å². The molecular formula is C21H27N7O. The molecule has 0 unspecified atom stereocenters. The topological polar surface area (TPSA) is 103 Å². The van der Waals surface area contributed by atoms with Gasteiger partial charge in [-0.15, -0.1) is 0 Å². The number of H-pyrrole nitrogens is 1. The molecule has 3 aliphatic rings. The van der Waals surface area contributed by atoms with Gasteiger partial charge in [0.25, 0.3) is 0 Å². The van der Waals surface area contributed by atoms with Crippen molar-refractivity contribution < 1.29 is 4.74 Å². The van der Waals surface area contributed by atoms with Crippen LogP contribution in [0.15, 0.2) is 11.2 Å². The lowest BCUT2D eigenvalue weighted by Gasteiger charge is -2.31. The fourth-order valence-electron chi connectivity index (χ4n) is 4.37. The lowest BCUT2D eigenvalue weighted by atomic mass is 9.94. The highest BCUT2D eigenvalue weighted by Gasteiger charge is 2.31. The van der Waals surface area contributed by atoms with E-state index in [2.05, 4.69) is 19.9 Å². The average molecular weight is 393 g/mol. The standard InChI is InChI=1S/C21H27N7O/c1-13-25-18(14-5-8-29-9-6-14)19(26-13)21(24-12-22)28-7-4-17-16(11-28)10-23-20(27-17)15-2-3-15/h10,12,14-15,22H,2-9,11H2,1H3,(H,25,26). The number of fused-ring (bicyclic) bond motifs is 1. The number of aromatic amines is 1. The van der Waals surface area contributed by atoms with E-state index in [0.717, 1.165) is 85.5 Å². The van der Waals surface area contributed by atoms with Crippen LogP contribution in [0.2, 0.25) is 0 Å². The average Bonchev–Trinajstić information content (AvgIpc) is 3.54. The molecule has 8 nitrogen and oxygen atoms in total. The molecule has 2 N–H and O–H groups in total. The molecular weight excluding hydrogens is 366 g/mol. The number of amidine groups is 1. The van der Waals surface area contributed by atoms with Crippen molar-refractivity contribution in [3.05, 3.63) is 40.5 Å². The van der Waals surface area contributed by atoms with Gasteiger partial charge in [0.05, 0.1) is 5.69 Å². The first kappa shape index (κ1) is 18.4. The Morgan fingerprint density at radius 3 is 2.83 bits per heavy atom. The SMILES string of the molecule is Cc1nc(C(=NC=N)N2CCc3nc(C4CC4)ncc3C2)c(C2CCOCC2)[nH]1. The zero-order valence-corrected chi connectivity index (χ0v) is 16.8. The number of aliphatic imine (C=N–C) groups is 1. The molecule has 5 rings (SSSR count). The van der Waals surface area contributed by atoms with Crippen molar-refractivity contribution in [1.29, 1.82) is 5.41 Å². The summed E-state index contributed by atoms with van der Waals surface area (Å²) in [5, 5.41) is 7.63. The number of aromatic nitrogens is 4. The summed E-state index contributed by atoms with van der Waals surface area (Å²) in [7, 11) is 0. The minimum atomic E-state index is 0.386. The van der Waals surface area contributed by atoms with E-state index in [-0.39, 0.29) is 0 Å². The van der Waals surface area contributed by atoms with Crippen LogP contribution < -0.4 is 0 Å². The zero-order valence-electron chi connectivity index (χ0n) is 16.8. The van der Waals surface area contributed by atoms with Crippen molar-refractivity contribution in [2.45, 2.75) is 57.4 Å². The van der Waals surface area contributed by atoms with Crippen LogP contribution in [0.25, 0.3) is 0 Å². The second-order valence-electron chi connectivity index (χ2n) is 8.20. The highest BCUT2D eigenvalue weighted by atomic mass is 16.5. The van der Waals surface area contributed by atoms with E-state index in [1.807, 2.05) is 13.1 Å². The monoisotopic (exact) mass is 393 g/mol. The summed E-state index contributed by atoms with van der Waals surface area (Å²) in [6.45, 7) is 5.05. The molecule has 0 spiro atoms. The molecule has 0 bridgehead atoms. The highest BCUT2D eigenvalue weighted by molar-refractivity contribution is 6.01. The summed E-state index contributed by atoms with van der Waals surface area (Å²) >= 11 is 0. The maximum atomic E-state index is 7.63. The third-order valence-electron chi connectivity index (χ3n) is 6.07. The Bertz CT molecular complexity index is 941. The van der Waals surface area contributed by atoms with E-state index in [1.165, 1.54) is 12.8 Å². The fourth-order valence-corrected chi connectivity index (χ4v) is 4.37. The maximum Gasteiger partial charge on any atom is 0.158 e. The number of ether oxygens (including phenoxy) is 1. The molecule has 2 fully saturated rings. The number of hydrogen-bond acceptors (Lipinski definition) is 5. The minimum absolute atomic E-state index is 0.386. The number of hydrogen-bond donors (Lipinski definition) is 2. The molecule has 0 amide bonds. The first-order valence-electron chi connectivity index (χ1n) is 10.5. The lowest BCUT2D eigenvalue weighted by molar-refractivity contribution is 0.0845. The van der Waals surface area contributed by atoms with Crippen molar-refractivity contribution in [2.75, 3.05) is 19.8 Å². The van der Waals surface area contributed by atoms with E-state index < -0.39 is 0 Å². The van der Waals surface area contributed by atoms with Gasteiger partial charge in [-0.3, -0.25) is 5.41 Å². The molecule has 2 aliphatic heterocycles. The van der Waals surface area contributed by atoms with E-state index in [1.54, 1.807) is 0 Å². The predicted octanol–water partition coefficient (Wildman–Crippen LogP) is 2.69. The maximum absolute atomic E-state index is 7.63. The van der Waals surface area contributed by atoms with Crippen molar-refractivity contribution in [3.63, 3.8) is 0 Å². The molecule has 4 heterocycles. The third kappa shape index (κ3) is 3.69. The molecule has 1 saturated heterocycles. The van der Waals surface area contributed by atoms with Crippen LogP contribution in [0.4, 0.5) is 0 Å². The van der Waals surface area contributed by atoms with Gasteiger partial charge in [-0.05, 0) is 32.6 Å². The van der Waals surface area contributed by atoms with Gasteiger partial charge in [0.2, 0.25) is 0 Å². The second kappa shape index (κ2) is 7.67. The van der Waals surface area contributed by atoms with Crippen LogP contribution in [0.5, 0.6) is 0 Å². The molecule has 2 aromatic rings. The van der Waals surface area contributed by atoms with Gasteiger partial charge >= 0.3 is 0 Å². The van der Waals surface area contributed by atoms with E-state index in [4.69, 9.17) is 20.1 Å². The van der Waals surface area contributed by atoms with Crippen LogP contribution >= 0.6 is 0 Å². The third-order valence-corrected chi connectivity index (χ3v) is 6.07. The van der Waals surface area contributed by atoms with Crippen molar-refractivity contribution in [3.8, 4) is 0 Å².